The van der Waals surface area contributed by atoms with Gasteiger partial charge in [0.1, 0.15) is 0 Å². The lowest BCUT2D eigenvalue weighted by Crippen LogP contribution is -2.49. The molecule has 3 rings (SSSR count). The van der Waals surface area contributed by atoms with Crippen molar-refractivity contribution >= 4 is 29.3 Å². The summed E-state index contributed by atoms with van der Waals surface area (Å²) in [4.78, 5) is 27.7. The first-order valence-electron chi connectivity index (χ1n) is 11.3. The maximum atomic E-state index is 13.3. The standard InChI is InChI=1S/C25H31ClN2O5/c1-3-4-5-13-33-23-16-20(9-10-22(23)32-2)28-12-6-11-27(25(28)31)17-19-8-7-18(14-21(19)26)15-24(29)30/h7-10,14,16H,3-6,11-13,15,17H2,1-2H3,(H,29,30). The number of carboxylic acids is 1. The van der Waals surface area contributed by atoms with E-state index >= 15 is 0 Å². The van der Waals surface area contributed by atoms with E-state index in [0.717, 1.165) is 36.9 Å². The van der Waals surface area contributed by atoms with Crippen molar-refractivity contribution in [3.8, 4) is 11.5 Å². The van der Waals surface area contributed by atoms with Gasteiger partial charge in [-0.05, 0) is 42.2 Å². The van der Waals surface area contributed by atoms with Crippen LogP contribution in [-0.4, -0.2) is 48.8 Å². The van der Waals surface area contributed by atoms with Gasteiger partial charge < -0.3 is 19.5 Å². The molecule has 1 aliphatic rings. The number of benzene rings is 2. The first-order chi connectivity index (χ1) is 15.9. The number of hydrogen-bond acceptors (Lipinski definition) is 4. The molecule has 2 amide bonds. The highest BCUT2D eigenvalue weighted by Crippen LogP contribution is 2.33. The van der Waals surface area contributed by atoms with E-state index in [1.54, 1.807) is 35.1 Å². The van der Waals surface area contributed by atoms with Crippen LogP contribution in [0.2, 0.25) is 5.02 Å². The summed E-state index contributed by atoms with van der Waals surface area (Å²) in [6.07, 6.45) is 3.91. The molecule has 0 bridgehead atoms. The Labute approximate surface area is 199 Å². The first kappa shape index (κ1) is 24.7. The van der Waals surface area contributed by atoms with Crippen molar-refractivity contribution < 1.29 is 24.2 Å². The molecule has 0 aromatic heterocycles. The second-order valence-electron chi connectivity index (χ2n) is 8.10. The van der Waals surface area contributed by atoms with Gasteiger partial charge in [-0.25, -0.2) is 4.79 Å². The second-order valence-corrected chi connectivity index (χ2v) is 8.50. The molecule has 33 heavy (non-hydrogen) atoms. The summed E-state index contributed by atoms with van der Waals surface area (Å²) in [5, 5.41) is 9.43. The molecule has 1 fully saturated rings. The predicted molar refractivity (Wildman–Crippen MR) is 129 cm³/mol. The largest absolute Gasteiger partial charge is 0.493 e. The Bertz CT molecular complexity index is 981. The molecule has 1 N–H and O–H groups in total. The molecule has 2 aromatic rings. The summed E-state index contributed by atoms with van der Waals surface area (Å²) in [7, 11) is 1.60. The summed E-state index contributed by atoms with van der Waals surface area (Å²) >= 11 is 6.38. The Hall–Kier alpha value is -2.93. The molecule has 2 aromatic carbocycles. The molecule has 178 valence electrons. The molecule has 0 radical (unpaired) electrons. The number of rotatable bonds is 11. The van der Waals surface area contributed by atoms with Crippen molar-refractivity contribution in [2.45, 2.75) is 45.6 Å². The Morgan fingerprint density at radius 1 is 1.12 bits per heavy atom. The zero-order valence-corrected chi connectivity index (χ0v) is 19.9. The number of unbranched alkanes of at least 4 members (excludes halogenated alkanes) is 2. The van der Waals surface area contributed by atoms with Crippen molar-refractivity contribution in [1.29, 1.82) is 0 Å². The number of carbonyl (C=O) groups excluding carboxylic acids is 1. The number of anilines is 1. The summed E-state index contributed by atoms with van der Waals surface area (Å²) < 4.78 is 11.4. The fourth-order valence-electron chi connectivity index (χ4n) is 3.86. The number of nitrogens with zero attached hydrogens (tertiary/aromatic N) is 2. The van der Waals surface area contributed by atoms with Gasteiger partial charge in [0.25, 0.3) is 0 Å². The van der Waals surface area contributed by atoms with Gasteiger partial charge in [0, 0.05) is 36.4 Å². The molecular formula is C25H31ClN2O5. The first-order valence-corrected chi connectivity index (χ1v) is 11.7. The molecule has 0 atom stereocenters. The molecule has 1 heterocycles. The average molecular weight is 475 g/mol. The number of aliphatic carboxylic acids is 1. The topological polar surface area (TPSA) is 79.3 Å². The SMILES string of the molecule is CCCCCOc1cc(N2CCCN(Cc3ccc(CC(=O)O)cc3Cl)C2=O)ccc1OC. The average Bonchev–Trinajstić information content (AvgIpc) is 2.79. The van der Waals surface area contributed by atoms with Gasteiger partial charge in [0.2, 0.25) is 0 Å². The molecule has 0 saturated carbocycles. The van der Waals surface area contributed by atoms with Crippen molar-refractivity contribution in [2.75, 3.05) is 31.7 Å². The van der Waals surface area contributed by atoms with Gasteiger partial charge in [0.15, 0.2) is 11.5 Å². The minimum absolute atomic E-state index is 0.0866. The number of amides is 2. The van der Waals surface area contributed by atoms with Crippen molar-refractivity contribution in [2.24, 2.45) is 0 Å². The van der Waals surface area contributed by atoms with E-state index in [1.807, 2.05) is 18.2 Å². The number of carboxylic acid groups (broad SMARTS) is 1. The Morgan fingerprint density at radius 2 is 1.94 bits per heavy atom. The maximum absolute atomic E-state index is 13.3. The molecule has 0 unspecified atom stereocenters. The lowest BCUT2D eigenvalue weighted by Gasteiger charge is -2.36. The van der Waals surface area contributed by atoms with E-state index in [2.05, 4.69) is 6.92 Å². The van der Waals surface area contributed by atoms with Crippen LogP contribution in [0.15, 0.2) is 36.4 Å². The highest BCUT2D eigenvalue weighted by molar-refractivity contribution is 6.31. The maximum Gasteiger partial charge on any atom is 0.324 e. The number of ether oxygens (including phenoxy) is 2. The van der Waals surface area contributed by atoms with E-state index in [1.165, 1.54) is 0 Å². The fraction of sp³-hybridized carbons (Fsp3) is 0.440. The monoisotopic (exact) mass is 474 g/mol. The number of hydrogen-bond donors (Lipinski definition) is 1. The van der Waals surface area contributed by atoms with Crippen LogP contribution in [0.25, 0.3) is 0 Å². The van der Waals surface area contributed by atoms with Gasteiger partial charge in [-0.1, -0.05) is 43.5 Å². The van der Waals surface area contributed by atoms with Crippen LogP contribution in [0, 0.1) is 0 Å². The minimum Gasteiger partial charge on any atom is -0.493 e. The lowest BCUT2D eigenvalue weighted by molar-refractivity contribution is -0.136. The zero-order valence-electron chi connectivity index (χ0n) is 19.2. The van der Waals surface area contributed by atoms with Crippen LogP contribution >= 0.6 is 11.6 Å². The van der Waals surface area contributed by atoms with Crippen molar-refractivity contribution in [1.82, 2.24) is 4.90 Å². The Balaban J connectivity index is 1.73. The van der Waals surface area contributed by atoms with E-state index in [4.69, 9.17) is 26.2 Å². The highest BCUT2D eigenvalue weighted by atomic mass is 35.5. The third kappa shape index (κ3) is 6.54. The summed E-state index contributed by atoms with van der Waals surface area (Å²) in [5.74, 6) is 0.367. The van der Waals surface area contributed by atoms with E-state index in [9.17, 15) is 9.59 Å². The van der Waals surface area contributed by atoms with Gasteiger partial charge in [0.05, 0.1) is 20.1 Å². The molecule has 7 nitrogen and oxygen atoms in total. The van der Waals surface area contributed by atoms with Crippen LogP contribution in [0.1, 0.15) is 43.7 Å². The quantitative estimate of drug-likeness (QED) is 0.442. The van der Waals surface area contributed by atoms with Crippen LogP contribution in [0.4, 0.5) is 10.5 Å². The number of halogens is 1. The molecule has 1 saturated heterocycles. The van der Waals surface area contributed by atoms with E-state index in [0.29, 0.717) is 48.3 Å². The molecule has 0 aliphatic carbocycles. The van der Waals surface area contributed by atoms with E-state index < -0.39 is 5.97 Å². The lowest BCUT2D eigenvalue weighted by atomic mass is 10.1. The molecule has 8 heteroatoms. The summed E-state index contributed by atoms with van der Waals surface area (Å²) in [6, 6.07) is 10.6. The van der Waals surface area contributed by atoms with Crippen LogP contribution in [-0.2, 0) is 17.8 Å². The number of urea groups is 1. The number of methoxy groups -OCH3 is 1. The van der Waals surface area contributed by atoms with Crippen LogP contribution < -0.4 is 14.4 Å². The third-order valence-electron chi connectivity index (χ3n) is 5.61. The fourth-order valence-corrected chi connectivity index (χ4v) is 4.12. The molecular weight excluding hydrogens is 444 g/mol. The van der Waals surface area contributed by atoms with Crippen molar-refractivity contribution in [3.63, 3.8) is 0 Å². The molecule has 0 spiro atoms. The zero-order chi connectivity index (χ0) is 23.8. The minimum atomic E-state index is -0.908. The van der Waals surface area contributed by atoms with Gasteiger partial charge >= 0.3 is 12.0 Å². The second kappa shape index (κ2) is 11.8. The van der Waals surface area contributed by atoms with Crippen LogP contribution in [0.3, 0.4) is 0 Å². The van der Waals surface area contributed by atoms with E-state index in [-0.39, 0.29) is 12.5 Å². The normalized spacial score (nSPS) is 13.8. The molecule has 1 aliphatic heterocycles. The van der Waals surface area contributed by atoms with Gasteiger partial charge in [-0.2, -0.15) is 0 Å². The Kier molecular flexibility index (Phi) is 8.83. The Morgan fingerprint density at radius 3 is 2.64 bits per heavy atom. The summed E-state index contributed by atoms with van der Waals surface area (Å²) in [5.41, 5.74) is 2.18. The third-order valence-corrected chi connectivity index (χ3v) is 5.96. The van der Waals surface area contributed by atoms with Gasteiger partial charge in [-0.3, -0.25) is 9.69 Å². The number of carbonyl (C=O) groups is 2. The predicted octanol–water partition coefficient (Wildman–Crippen LogP) is 5.38. The smallest absolute Gasteiger partial charge is 0.324 e. The summed E-state index contributed by atoms with van der Waals surface area (Å²) in [6.45, 7) is 4.34. The highest BCUT2D eigenvalue weighted by Gasteiger charge is 2.28. The van der Waals surface area contributed by atoms with Gasteiger partial charge in [-0.15, -0.1) is 0 Å². The van der Waals surface area contributed by atoms with Crippen LogP contribution in [0.5, 0.6) is 11.5 Å². The van der Waals surface area contributed by atoms with Crippen molar-refractivity contribution in [3.05, 3.63) is 52.5 Å².